The van der Waals surface area contributed by atoms with Crippen molar-refractivity contribution < 1.29 is 13.2 Å². The smallest absolute Gasteiger partial charge is 0.342 e. The zero-order valence-corrected chi connectivity index (χ0v) is 19.2. The monoisotopic (exact) mass is 507 g/mol. The van der Waals surface area contributed by atoms with Gasteiger partial charge in [-0.05, 0) is 36.2 Å². The molecule has 0 unspecified atom stereocenters. The van der Waals surface area contributed by atoms with Crippen LogP contribution in [0.5, 0.6) is 0 Å². The molecule has 11 heteroatoms. The van der Waals surface area contributed by atoms with Crippen LogP contribution in [0.4, 0.5) is 19.1 Å². The van der Waals surface area contributed by atoms with Crippen molar-refractivity contribution in [1.82, 2.24) is 19.2 Å². The molecule has 0 amide bonds. The van der Waals surface area contributed by atoms with Gasteiger partial charge in [0.05, 0.1) is 24.2 Å². The van der Waals surface area contributed by atoms with E-state index >= 15 is 0 Å². The number of fused-ring (bicyclic) bond motifs is 1. The van der Waals surface area contributed by atoms with Crippen molar-refractivity contribution in [3.63, 3.8) is 0 Å². The molecule has 1 aliphatic rings. The van der Waals surface area contributed by atoms with E-state index in [0.29, 0.717) is 45.9 Å². The van der Waals surface area contributed by atoms with E-state index in [1.165, 1.54) is 4.40 Å². The third kappa shape index (κ3) is 4.25. The Morgan fingerprint density at radius 1 is 0.912 bits per heavy atom. The van der Waals surface area contributed by atoms with Crippen molar-refractivity contribution >= 4 is 34.8 Å². The highest BCUT2D eigenvalue weighted by molar-refractivity contribution is 6.31. The molecule has 176 valence electrons. The molecule has 0 saturated carbocycles. The van der Waals surface area contributed by atoms with Gasteiger partial charge < -0.3 is 4.90 Å². The Morgan fingerprint density at radius 3 is 2.03 bits per heavy atom. The predicted octanol–water partition coefficient (Wildman–Crippen LogP) is 5.69. The summed E-state index contributed by atoms with van der Waals surface area (Å²) in [5, 5.41) is 5.43. The Hall–Kier alpha value is -3.04. The van der Waals surface area contributed by atoms with Crippen LogP contribution in [0.25, 0.3) is 28.0 Å². The molecule has 0 atom stereocenters. The second-order valence-electron chi connectivity index (χ2n) is 8.02. The lowest BCUT2D eigenvalue weighted by Crippen LogP contribution is -2.40. The Morgan fingerprint density at radius 2 is 1.50 bits per heavy atom. The number of aromatic nitrogens is 4. The molecule has 0 spiro atoms. The van der Waals surface area contributed by atoms with Gasteiger partial charge in [-0.3, -0.25) is 0 Å². The second-order valence-corrected chi connectivity index (χ2v) is 8.89. The molecule has 5 rings (SSSR count). The van der Waals surface area contributed by atoms with Gasteiger partial charge in [-0.15, -0.1) is 5.10 Å². The van der Waals surface area contributed by atoms with Gasteiger partial charge in [0.1, 0.15) is 0 Å². The summed E-state index contributed by atoms with van der Waals surface area (Å²) in [5.74, 6) is 0.354. The minimum Gasteiger partial charge on any atom is -0.342 e. The van der Waals surface area contributed by atoms with Crippen LogP contribution in [0.3, 0.4) is 0 Å². The minimum absolute atomic E-state index is 0.233. The fourth-order valence-electron chi connectivity index (χ4n) is 3.87. The summed E-state index contributed by atoms with van der Waals surface area (Å²) in [5.41, 5.74) is 2.04. The van der Waals surface area contributed by atoms with Crippen LogP contribution in [-0.2, 0) is 6.54 Å². The molecule has 6 nitrogen and oxygen atoms in total. The van der Waals surface area contributed by atoms with Crippen molar-refractivity contribution in [3.8, 4) is 22.4 Å². The summed E-state index contributed by atoms with van der Waals surface area (Å²) < 4.78 is 40.9. The van der Waals surface area contributed by atoms with Crippen molar-refractivity contribution in [2.24, 2.45) is 0 Å². The number of halogens is 5. The van der Waals surface area contributed by atoms with Crippen molar-refractivity contribution in [1.29, 1.82) is 0 Å². The quantitative estimate of drug-likeness (QED) is 0.348. The summed E-state index contributed by atoms with van der Waals surface area (Å²) in [6, 6.07) is 14.0. The molecule has 2 aromatic heterocycles. The average Bonchev–Trinajstić information content (AvgIpc) is 3.08. The number of rotatable bonds is 5. The average molecular weight is 508 g/mol. The molecular weight excluding hydrogens is 490 g/mol. The first-order valence-corrected chi connectivity index (χ1v) is 11.3. The fraction of sp³-hybridized carbons (Fsp3) is 0.261. The SMILES string of the molecule is O=c1n(CCC(F)(F)F)nc2c(-c3ccc(Cl)cc3)c(-c3ccc(Cl)cc3)nc(N3CCC3)n12. The van der Waals surface area contributed by atoms with Gasteiger partial charge in [-0.2, -0.15) is 13.2 Å². The highest BCUT2D eigenvalue weighted by Gasteiger charge is 2.30. The van der Waals surface area contributed by atoms with Crippen LogP contribution in [0.1, 0.15) is 12.8 Å². The number of aryl methyl sites for hydroxylation is 1. The Labute approximate surface area is 202 Å². The number of alkyl halides is 3. The molecule has 0 aliphatic carbocycles. The van der Waals surface area contributed by atoms with Gasteiger partial charge >= 0.3 is 11.9 Å². The summed E-state index contributed by atoms with van der Waals surface area (Å²) in [6.07, 6.45) is -4.65. The number of benzene rings is 2. The van der Waals surface area contributed by atoms with Crippen molar-refractivity contribution in [3.05, 3.63) is 69.1 Å². The Kier molecular flexibility index (Phi) is 5.77. The Balaban J connectivity index is 1.82. The van der Waals surface area contributed by atoms with Crippen molar-refractivity contribution in [2.45, 2.75) is 25.6 Å². The van der Waals surface area contributed by atoms with Gasteiger partial charge in [-0.1, -0.05) is 47.5 Å². The van der Waals surface area contributed by atoms with Crippen LogP contribution < -0.4 is 10.6 Å². The highest BCUT2D eigenvalue weighted by Crippen LogP contribution is 2.37. The molecular formula is C23H18Cl2F3N5O. The number of hydrogen-bond donors (Lipinski definition) is 0. The van der Waals surface area contributed by atoms with Crippen LogP contribution in [-0.4, -0.2) is 38.4 Å². The van der Waals surface area contributed by atoms with E-state index in [2.05, 4.69) is 5.10 Å². The molecule has 0 radical (unpaired) electrons. The summed E-state index contributed by atoms with van der Waals surface area (Å²) >= 11 is 12.2. The number of hydrogen-bond acceptors (Lipinski definition) is 4. The minimum atomic E-state index is -4.42. The first-order valence-electron chi connectivity index (χ1n) is 10.6. The van der Waals surface area contributed by atoms with Gasteiger partial charge in [-0.25, -0.2) is 18.9 Å². The van der Waals surface area contributed by atoms with E-state index in [0.717, 1.165) is 16.7 Å². The summed E-state index contributed by atoms with van der Waals surface area (Å²) in [7, 11) is 0. The molecule has 0 bridgehead atoms. The molecule has 1 aliphatic heterocycles. The molecule has 34 heavy (non-hydrogen) atoms. The lowest BCUT2D eigenvalue weighted by molar-refractivity contribution is -0.137. The fourth-order valence-corrected chi connectivity index (χ4v) is 4.12. The number of anilines is 1. The van der Waals surface area contributed by atoms with Crippen LogP contribution in [0.2, 0.25) is 10.0 Å². The second kappa shape index (κ2) is 8.63. The molecule has 1 saturated heterocycles. The lowest BCUT2D eigenvalue weighted by atomic mass is 10.00. The normalized spacial score (nSPS) is 14.0. The molecule has 4 aromatic rings. The molecule has 3 heterocycles. The van der Waals surface area contributed by atoms with Crippen molar-refractivity contribution in [2.75, 3.05) is 18.0 Å². The zero-order chi connectivity index (χ0) is 24.0. The standard InChI is InChI=1S/C23H18Cl2F3N5O/c24-16-6-2-14(3-7-16)18-19(15-4-8-17(25)9-5-15)29-21(31-11-1-12-31)33-20(18)30-32(22(33)34)13-10-23(26,27)28/h2-9H,1,10-13H2. The maximum absolute atomic E-state index is 13.2. The van der Waals surface area contributed by atoms with Crippen LogP contribution in [0, 0.1) is 0 Å². The third-order valence-electron chi connectivity index (χ3n) is 5.71. The molecule has 1 fully saturated rings. The first kappa shape index (κ1) is 22.7. The third-order valence-corrected chi connectivity index (χ3v) is 6.21. The van der Waals surface area contributed by atoms with Crippen LogP contribution in [0.15, 0.2) is 53.3 Å². The van der Waals surface area contributed by atoms with Gasteiger partial charge in [0.15, 0.2) is 5.65 Å². The molecule has 0 N–H and O–H groups in total. The first-order chi connectivity index (χ1) is 16.2. The van der Waals surface area contributed by atoms with E-state index in [4.69, 9.17) is 28.2 Å². The van der Waals surface area contributed by atoms with E-state index in [9.17, 15) is 18.0 Å². The Bertz CT molecular complexity index is 1410. The van der Waals surface area contributed by atoms with E-state index in [1.54, 1.807) is 48.5 Å². The van der Waals surface area contributed by atoms with Gasteiger partial charge in [0.25, 0.3) is 0 Å². The molecule has 2 aromatic carbocycles. The van der Waals surface area contributed by atoms with E-state index in [-0.39, 0.29) is 5.65 Å². The maximum atomic E-state index is 13.2. The highest BCUT2D eigenvalue weighted by atomic mass is 35.5. The van der Waals surface area contributed by atoms with E-state index in [1.807, 2.05) is 4.90 Å². The summed E-state index contributed by atoms with van der Waals surface area (Å²) in [4.78, 5) is 20.0. The zero-order valence-electron chi connectivity index (χ0n) is 17.7. The van der Waals surface area contributed by atoms with Gasteiger partial charge in [0.2, 0.25) is 5.95 Å². The van der Waals surface area contributed by atoms with E-state index < -0.39 is 24.8 Å². The predicted molar refractivity (Wildman–Crippen MR) is 126 cm³/mol. The summed E-state index contributed by atoms with van der Waals surface area (Å²) in [6.45, 7) is 0.783. The van der Waals surface area contributed by atoms with Crippen LogP contribution >= 0.6 is 23.2 Å². The number of nitrogens with zero attached hydrogens (tertiary/aromatic N) is 5. The topological polar surface area (TPSA) is 55.4 Å². The lowest BCUT2D eigenvalue weighted by Gasteiger charge is -2.32. The van der Waals surface area contributed by atoms with Gasteiger partial charge in [0, 0.05) is 28.7 Å². The maximum Gasteiger partial charge on any atom is 0.390 e. The largest absolute Gasteiger partial charge is 0.390 e.